The predicted octanol–water partition coefficient (Wildman–Crippen LogP) is 2.91. The first-order chi connectivity index (χ1) is 8.35. The van der Waals surface area contributed by atoms with E-state index in [0.29, 0.717) is 6.04 Å². The maximum Gasteiger partial charge on any atom is 0.148 e. The topological polar surface area (TPSA) is 46.2 Å². The molecule has 18 heavy (non-hydrogen) atoms. The van der Waals surface area contributed by atoms with Gasteiger partial charge in [-0.25, -0.2) is 8.42 Å². The lowest BCUT2D eigenvalue weighted by Gasteiger charge is -2.26. The molecule has 6 heteroatoms. The maximum atomic E-state index is 11.3. The highest BCUT2D eigenvalue weighted by atomic mass is 79.9. The minimum atomic E-state index is -2.92. The zero-order valence-corrected chi connectivity index (χ0v) is 13.8. The van der Waals surface area contributed by atoms with Gasteiger partial charge in [0.2, 0.25) is 0 Å². The molecule has 1 aliphatic carbocycles. The number of nitrogens with one attached hydrogen (secondary N) is 1. The molecule has 1 N–H and O–H groups in total. The van der Waals surface area contributed by atoms with Crippen LogP contribution in [-0.2, 0) is 16.3 Å². The van der Waals surface area contributed by atoms with Crippen LogP contribution >= 0.6 is 27.3 Å². The Morgan fingerprint density at radius 2 is 2.33 bits per heavy atom. The fraction of sp³-hybridized carbons (Fsp3) is 0.667. The van der Waals surface area contributed by atoms with Crippen molar-refractivity contribution < 1.29 is 8.42 Å². The highest BCUT2D eigenvalue weighted by molar-refractivity contribution is 9.11. The summed E-state index contributed by atoms with van der Waals surface area (Å²) in [5.41, 5.74) is 1.35. The minimum absolute atomic E-state index is 0.00498. The Kier molecular flexibility index (Phi) is 4.52. The number of hydrogen-bond donors (Lipinski definition) is 1. The van der Waals surface area contributed by atoms with Gasteiger partial charge in [0, 0.05) is 23.2 Å². The minimum Gasteiger partial charge on any atom is -0.306 e. The predicted molar refractivity (Wildman–Crippen MR) is 80.0 cm³/mol. The maximum absolute atomic E-state index is 11.3. The molecule has 0 spiro atoms. The Balaban J connectivity index is 2.07. The van der Waals surface area contributed by atoms with Crippen LogP contribution in [0, 0.1) is 0 Å². The van der Waals surface area contributed by atoms with Crippen molar-refractivity contribution >= 4 is 37.1 Å². The number of thiophene rings is 1. The molecule has 0 bridgehead atoms. The molecule has 0 fully saturated rings. The lowest BCUT2D eigenvalue weighted by Crippen LogP contribution is -2.36. The van der Waals surface area contributed by atoms with Gasteiger partial charge in [-0.15, -0.1) is 11.3 Å². The molecule has 0 saturated heterocycles. The second kappa shape index (κ2) is 5.61. The van der Waals surface area contributed by atoms with E-state index in [4.69, 9.17) is 0 Å². The first-order valence-corrected chi connectivity index (χ1v) is 9.74. The van der Waals surface area contributed by atoms with Crippen molar-refractivity contribution in [3.63, 3.8) is 0 Å². The van der Waals surface area contributed by atoms with Gasteiger partial charge in [-0.1, -0.05) is 0 Å². The van der Waals surface area contributed by atoms with Gasteiger partial charge in [0.25, 0.3) is 0 Å². The van der Waals surface area contributed by atoms with Crippen LogP contribution < -0.4 is 5.32 Å². The zero-order chi connectivity index (χ0) is 13.3. The van der Waals surface area contributed by atoms with Crippen molar-refractivity contribution in [3.05, 3.63) is 20.3 Å². The second-order valence-corrected chi connectivity index (χ2v) is 9.73. The summed E-state index contributed by atoms with van der Waals surface area (Å²) in [5.74, 6) is 0.199. The lowest BCUT2D eigenvalue weighted by molar-refractivity contribution is 0.425. The Morgan fingerprint density at radius 3 is 3.00 bits per heavy atom. The fourth-order valence-corrected chi connectivity index (χ4v) is 5.36. The molecule has 0 amide bonds. The quantitative estimate of drug-likeness (QED) is 0.906. The summed E-state index contributed by atoms with van der Waals surface area (Å²) in [5, 5.41) is 3.45. The van der Waals surface area contributed by atoms with E-state index in [9.17, 15) is 8.42 Å². The van der Waals surface area contributed by atoms with Crippen LogP contribution in [-0.4, -0.2) is 26.5 Å². The van der Waals surface area contributed by atoms with E-state index >= 15 is 0 Å². The number of sulfone groups is 1. The third-order valence-electron chi connectivity index (χ3n) is 3.12. The summed E-state index contributed by atoms with van der Waals surface area (Å²) in [4.78, 5) is 1.43. The monoisotopic (exact) mass is 351 g/mol. The second-order valence-electron chi connectivity index (χ2n) is 5.03. The highest BCUT2D eigenvalue weighted by Gasteiger charge is 2.24. The van der Waals surface area contributed by atoms with Crippen molar-refractivity contribution in [1.29, 1.82) is 0 Å². The average Bonchev–Trinajstić information content (AvgIpc) is 2.56. The Morgan fingerprint density at radius 1 is 1.61 bits per heavy atom. The molecule has 1 aromatic heterocycles. The standard InChI is InChI=1S/C12H18BrNO2S2/c1-8(7-18(2,15)16)14-10-4-3-5-11-9(10)6-12(13)17-11/h6,8,10,14H,3-5,7H2,1-2H3. The van der Waals surface area contributed by atoms with Gasteiger partial charge >= 0.3 is 0 Å². The van der Waals surface area contributed by atoms with Crippen LogP contribution in [0.1, 0.15) is 36.2 Å². The first-order valence-electron chi connectivity index (χ1n) is 6.07. The van der Waals surface area contributed by atoms with Gasteiger partial charge in [0.05, 0.1) is 9.54 Å². The van der Waals surface area contributed by atoms with Crippen molar-refractivity contribution in [3.8, 4) is 0 Å². The smallest absolute Gasteiger partial charge is 0.148 e. The van der Waals surface area contributed by atoms with Crippen LogP contribution in [0.3, 0.4) is 0 Å². The summed E-state index contributed by atoms with van der Waals surface area (Å²) in [6.07, 6.45) is 4.69. The molecule has 0 radical (unpaired) electrons. The molecule has 0 aliphatic heterocycles. The van der Waals surface area contributed by atoms with E-state index in [-0.39, 0.29) is 11.8 Å². The number of rotatable bonds is 4. The molecule has 3 nitrogen and oxygen atoms in total. The van der Waals surface area contributed by atoms with E-state index < -0.39 is 9.84 Å². The van der Waals surface area contributed by atoms with Crippen LogP contribution in [0.2, 0.25) is 0 Å². The van der Waals surface area contributed by atoms with Crippen LogP contribution in [0.5, 0.6) is 0 Å². The van der Waals surface area contributed by atoms with E-state index in [0.717, 1.165) is 16.6 Å². The van der Waals surface area contributed by atoms with Gasteiger partial charge in [-0.3, -0.25) is 0 Å². The van der Waals surface area contributed by atoms with E-state index in [1.54, 1.807) is 11.3 Å². The van der Waals surface area contributed by atoms with E-state index in [2.05, 4.69) is 27.3 Å². The zero-order valence-electron chi connectivity index (χ0n) is 10.6. The lowest BCUT2D eigenvalue weighted by atomic mass is 9.93. The van der Waals surface area contributed by atoms with Crippen LogP contribution in [0.4, 0.5) is 0 Å². The number of hydrogen-bond acceptors (Lipinski definition) is 4. The summed E-state index contributed by atoms with van der Waals surface area (Å²) in [6, 6.07) is 2.46. The van der Waals surface area contributed by atoms with Crippen molar-refractivity contribution in [2.45, 2.75) is 38.3 Å². The van der Waals surface area contributed by atoms with Crippen LogP contribution in [0.15, 0.2) is 9.85 Å². The summed E-state index contributed by atoms with van der Waals surface area (Å²) < 4.78 is 23.7. The number of halogens is 1. The number of aryl methyl sites for hydroxylation is 1. The molecule has 0 aromatic carbocycles. The molecule has 2 unspecified atom stereocenters. The van der Waals surface area contributed by atoms with Gasteiger partial charge < -0.3 is 5.32 Å². The normalized spacial score (nSPS) is 21.6. The number of fused-ring (bicyclic) bond motifs is 1. The third-order valence-corrected chi connectivity index (χ3v) is 5.94. The summed E-state index contributed by atoms with van der Waals surface area (Å²) >= 11 is 5.32. The molecule has 1 aromatic rings. The SMILES string of the molecule is CC(CS(C)(=O)=O)NC1CCCc2sc(Br)cc21. The summed E-state index contributed by atoms with van der Waals surface area (Å²) in [6.45, 7) is 1.94. The molecule has 2 atom stereocenters. The Labute approximate surface area is 121 Å². The van der Waals surface area contributed by atoms with E-state index in [1.807, 2.05) is 6.92 Å². The highest BCUT2D eigenvalue weighted by Crippen LogP contribution is 2.38. The molecule has 0 saturated carbocycles. The Bertz CT molecular complexity index is 524. The molecule has 1 heterocycles. The molecule has 102 valence electrons. The molecular formula is C12H18BrNO2S2. The van der Waals surface area contributed by atoms with Crippen molar-refractivity contribution in [2.24, 2.45) is 0 Å². The van der Waals surface area contributed by atoms with Gasteiger partial charge in [-0.05, 0) is 53.7 Å². The molecule has 2 rings (SSSR count). The van der Waals surface area contributed by atoms with Gasteiger partial charge in [-0.2, -0.15) is 0 Å². The van der Waals surface area contributed by atoms with Crippen LogP contribution in [0.25, 0.3) is 0 Å². The van der Waals surface area contributed by atoms with Gasteiger partial charge in [0.15, 0.2) is 0 Å². The van der Waals surface area contributed by atoms with E-state index in [1.165, 1.54) is 23.1 Å². The van der Waals surface area contributed by atoms with Crippen molar-refractivity contribution in [1.82, 2.24) is 5.32 Å². The average molecular weight is 352 g/mol. The molecular weight excluding hydrogens is 334 g/mol. The van der Waals surface area contributed by atoms with Crippen molar-refractivity contribution in [2.75, 3.05) is 12.0 Å². The first kappa shape index (κ1) is 14.5. The third kappa shape index (κ3) is 3.79. The fourth-order valence-electron chi connectivity index (χ4n) is 2.54. The largest absolute Gasteiger partial charge is 0.306 e. The van der Waals surface area contributed by atoms with Gasteiger partial charge in [0.1, 0.15) is 9.84 Å². The molecule has 1 aliphatic rings. The summed E-state index contributed by atoms with van der Waals surface area (Å²) in [7, 11) is -2.92. The Hall–Kier alpha value is 0.0900.